The highest BCUT2D eigenvalue weighted by atomic mass is 19.1. The first-order chi connectivity index (χ1) is 17.1. The zero-order valence-electron chi connectivity index (χ0n) is 19.8. The number of benzene rings is 2. The fraction of sp³-hybridized carbons (Fsp3) is 0.393. The number of likely N-dealkylation sites (tertiary alicyclic amines) is 2. The Morgan fingerprint density at radius 1 is 0.971 bits per heavy atom. The summed E-state index contributed by atoms with van der Waals surface area (Å²) in [4.78, 5) is 30.3. The number of ketones is 1. The highest BCUT2D eigenvalue weighted by Gasteiger charge is 2.32. The molecule has 1 atom stereocenters. The summed E-state index contributed by atoms with van der Waals surface area (Å²) < 4.78 is 13.2. The normalized spacial score (nSPS) is 19.2. The van der Waals surface area contributed by atoms with Gasteiger partial charge in [0, 0.05) is 36.2 Å². The van der Waals surface area contributed by atoms with E-state index in [9.17, 15) is 14.0 Å². The molecule has 2 aliphatic heterocycles. The van der Waals surface area contributed by atoms with E-state index in [4.69, 9.17) is 0 Å². The Morgan fingerprint density at radius 3 is 2.46 bits per heavy atom. The molecular weight excluding hydrogens is 443 g/mol. The van der Waals surface area contributed by atoms with Crippen LogP contribution < -0.4 is 0 Å². The summed E-state index contributed by atoms with van der Waals surface area (Å²) in [5.41, 5.74) is 2.90. The maximum absolute atomic E-state index is 13.2. The Hall–Kier alpha value is -3.32. The van der Waals surface area contributed by atoms with E-state index >= 15 is 0 Å². The van der Waals surface area contributed by atoms with Crippen molar-refractivity contribution in [2.24, 2.45) is 5.92 Å². The summed E-state index contributed by atoms with van der Waals surface area (Å²) in [5, 5.41) is 7.28. The summed E-state index contributed by atoms with van der Waals surface area (Å²) in [6.45, 7) is 3.44. The third kappa shape index (κ3) is 5.35. The molecule has 2 fully saturated rings. The summed E-state index contributed by atoms with van der Waals surface area (Å²) in [6.07, 6.45) is 4.61. The van der Waals surface area contributed by atoms with Gasteiger partial charge in [0.1, 0.15) is 11.5 Å². The zero-order chi connectivity index (χ0) is 24.2. The van der Waals surface area contributed by atoms with Crippen LogP contribution >= 0.6 is 0 Å². The quantitative estimate of drug-likeness (QED) is 0.499. The molecule has 5 rings (SSSR count). The highest BCUT2D eigenvalue weighted by Crippen LogP contribution is 2.26. The van der Waals surface area contributed by atoms with E-state index < -0.39 is 0 Å². The number of nitrogens with one attached hydrogen (secondary N) is 1. The minimum atomic E-state index is -0.319. The number of amides is 1. The van der Waals surface area contributed by atoms with Crippen molar-refractivity contribution in [2.75, 3.05) is 26.2 Å². The van der Waals surface area contributed by atoms with Crippen LogP contribution in [0.4, 0.5) is 4.39 Å². The number of H-pyrrole nitrogens is 1. The lowest BCUT2D eigenvalue weighted by Gasteiger charge is -2.33. The van der Waals surface area contributed by atoms with Crippen LogP contribution in [-0.4, -0.2) is 63.9 Å². The molecule has 6 nitrogen and oxygen atoms in total. The molecule has 182 valence electrons. The number of hydrogen-bond acceptors (Lipinski definition) is 4. The van der Waals surface area contributed by atoms with Crippen LogP contribution in [0.1, 0.15) is 53.0 Å². The van der Waals surface area contributed by atoms with Crippen molar-refractivity contribution in [3.8, 4) is 11.3 Å². The Bertz CT molecular complexity index is 1150. The average molecular weight is 475 g/mol. The summed E-state index contributed by atoms with van der Waals surface area (Å²) in [7, 11) is 0. The maximum atomic E-state index is 13.2. The molecule has 3 heterocycles. The van der Waals surface area contributed by atoms with Gasteiger partial charge >= 0.3 is 0 Å². The number of piperidine rings is 1. The second-order valence-electron chi connectivity index (χ2n) is 9.60. The van der Waals surface area contributed by atoms with Crippen LogP contribution in [0, 0.1) is 11.7 Å². The van der Waals surface area contributed by atoms with Crippen LogP contribution in [0.2, 0.25) is 0 Å². The fourth-order valence-corrected chi connectivity index (χ4v) is 5.35. The minimum absolute atomic E-state index is 0.000423. The first-order valence-electron chi connectivity index (χ1n) is 12.5. The molecule has 1 N–H and O–H groups in total. The van der Waals surface area contributed by atoms with Gasteiger partial charge in [0.2, 0.25) is 0 Å². The molecule has 1 amide bonds. The van der Waals surface area contributed by atoms with Crippen LogP contribution in [0.15, 0.2) is 60.7 Å². The van der Waals surface area contributed by atoms with Gasteiger partial charge in [-0.3, -0.25) is 14.7 Å². The maximum Gasteiger partial charge on any atom is 0.272 e. The Balaban J connectivity index is 1.12. The van der Waals surface area contributed by atoms with Crippen LogP contribution in [0.25, 0.3) is 11.3 Å². The first kappa shape index (κ1) is 23.4. The van der Waals surface area contributed by atoms with Crippen LogP contribution in [-0.2, 0) is 0 Å². The lowest BCUT2D eigenvalue weighted by atomic mass is 9.88. The first-order valence-corrected chi connectivity index (χ1v) is 12.5. The number of halogens is 1. The summed E-state index contributed by atoms with van der Waals surface area (Å²) in [5.74, 6) is -0.183. The molecule has 2 saturated heterocycles. The molecule has 3 aromatic rings. The molecule has 0 radical (unpaired) electrons. The van der Waals surface area contributed by atoms with Gasteiger partial charge in [-0.25, -0.2) is 4.39 Å². The number of aromatic amines is 1. The van der Waals surface area contributed by atoms with Crippen molar-refractivity contribution < 1.29 is 14.0 Å². The number of Topliss-reactive ketones (excluding diaryl/α,β-unsaturated/α-hetero) is 1. The van der Waals surface area contributed by atoms with E-state index in [0.29, 0.717) is 11.3 Å². The van der Waals surface area contributed by atoms with Crippen molar-refractivity contribution in [3.05, 3.63) is 77.7 Å². The van der Waals surface area contributed by atoms with Crippen molar-refractivity contribution in [3.63, 3.8) is 0 Å². The summed E-state index contributed by atoms with van der Waals surface area (Å²) >= 11 is 0. The molecule has 1 aromatic heterocycles. The predicted octanol–water partition coefficient (Wildman–Crippen LogP) is 4.81. The van der Waals surface area contributed by atoms with Crippen molar-refractivity contribution in [2.45, 2.75) is 38.1 Å². The van der Waals surface area contributed by atoms with Crippen LogP contribution in [0.3, 0.4) is 0 Å². The molecule has 35 heavy (non-hydrogen) atoms. The Morgan fingerprint density at radius 2 is 1.71 bits per heavy atom. The van der Waals surface area contributed by atoms with E-state index in [1.54, 1.807) is 12.1 Å². The Labute approximate surface area is 205 Å². The number of hydrogen-bond donors (Lipinski definition) is 1. The average Bonchev–Trinajstić information content (AvgIpc) is 3.58. The predicted molar refractivity (Wildman–Crippen MR) is 133 cm³/mol. The lowest BCUT2D eigenvalue weighted by Crippen LogP contribution is -2.41. The number of rotatable bonds is 7. The SMILES string of the molecule is O=C(c1ccc(F)cc1)C1CCN(CC[C@@H]2CCCN2C(=O)c2cc(-c3ccccc3)n[nH]2)CC1. The van der Waals surface area contributed by atoms with Gasteiger partial charge in [-0.05, 0) is 75.5 Å². The largest absolute Gasteiger partial charge is 0.334 e. The third-order valence-electron chi connectivity index (χ3n) is 7.38. The molecule has 0 saturated carbocycles. The smallest absolute Gasteiger partial charge is 0.272 e. The number of nitrogens with zero attached hydrogens (tertiary/aromatic N) is 3. The lowest BCUT2D eigenvalue weighted by molar-refractivity contribution is 0.0699. The zero-order valence-corrected chi connectivity index (χ0v) is 19.8. The van der Waals surface area contributed by atoms with Gasteiger partial charge in [0.05, 0.1) is 5.69 Å². The van der Waals surface area contributed by atoms with Crippen molar-refractivity contribution in [1.82, 2.24) is 20.0 Å². The van der Waals surface area contributed by atoms with Gasteiger partial charge in [0.15, 0.2) is 5.78 Å². The monoisotopic (exact) mass is 474 g/mol. The molecule has 2 aromatic carbocycles. The standard InChI is InChI=1S/C28H31FN4O2/c29-23-10-8-21(9-11-23)27(34)22-12-16-32(17-13-22)18-14-24-7-4-15-33(24)28(35)26-19-25(30-31-26)20-5-2-1-3-6-20/h1-3,5-6,8-11,19,22,24H,4,7,12-18H2,(H,30,31)/t24-/m0/s1. The molecule has 0 aliphatic carbocycles. The number of aromatic nitrogens is 2. The molecule has 0 bridgehead atoms. The van der Waals surface area contributed by atoms with Gasteiger partial charge in [-0.1, -0.05) is 30.3 Å². The van der Waals surface area contributed by atoms with Gasteiger partial charge < -0.3 is 9.80 Å². The number of carbonyl (C=O) groups excluding carboxylic acids is 2. The molecule has 7 heteroatoms. The van der Waals surface area contributed by atoms with Crippen LogP contribution in [0.5, 0.6) is 0 Å². The third-order valence-corrected chi connectivity index (χ3v) is 7.38. The van der Waals surface area contributed by atoms with Gasteiger partial charge in [0.25, 0.3) is 5.91 Å². The van der Waals surface area contributed by atoms with E-state index in [2.05, 4.69) is 15.1 Å². The molecule has 0 unspecified atom stereocenters. The van der Waals surface area contributed by atoms with Crippen molar-refractivity contribution in [1.29, 1.82) is 0 Å². The second-order valence-corrected chi connectivity index (χ2v) is 9.60. The van der Waals surface area contributed by atoms with E-state index in [0.717, 1.165) is 69.5 Å². The topological polar surface area (TPSA) is 69.3 Å². The Kier molecular flexibility index (Phi) is 7.04. The molecule has 0 spiro atoms. The summed E-state index contributed by atoms with van der Waals surface area (Å²) in [6, 6.07) is 17.8. The van der Waals surface area contributed by atoms with Gasteiger partial charge in [-0.2, -0.15) is 5.10 Å². The van der Waals surface area contributed by atoms with Gasteiger partial charge in [-0.15, -0.1) is 0 Å². The van der Waals surface area contributed by atoms with E-state index in [1.165, 1.54) is 12.1 Å². The minimum Gasteiger partial charge on any atom is -0.334 e. The fourth-order valence-electron chi connectivity index (χ4n) is 5.35. The molecular formula is C28H31FN4O2. The van der Waals surface area contributed by atoms with E-state index in [-0.39, 0.29) is 29.5 Å². The number of carbonyl (C=O) groups is 2. The second kappa shape index (κ2) is 10.5. The highest BCUT2D eigenvalue weighted by molar-refractivity contribution is 5.97. The van der Waals surface area contributed by atoms with Crippen molar-refractivity contribution >= 4 is 11.7 Å². The van der Waals surface area contributed by atoms with E-state index in [1.807, 2.05) is 41.3 Å². The molecule has 2 aliphatic rings.